The number of amides is 3. The van der Waals surface area contributed by atoms with Crippen LogP contribution in [0.15, 0.2) is 54.2 Å². The fraction of sp³-hybridized carbons (Fsp3) is 0.158. The van der Waals surface area contributed by atoms with E-state index < -0.39 is 0 Å². The lowest BCUT2D eigenvalue weighted by molar-refractivity contribution is -0.120. The maximum absolute atomic E-state index is 12.0. The zero-order valence-corrected chi connectivity index (χ0v) is 15.5. The van der Waals surface area contributed by atoms with Gasteiger partial charge in [-0.15, -0.1) is 11.3 Å². The van der Waals surface area contributed by atoms with Crippen LogP contribution in [0.5, 0.6) is 0 Å². The van der Waals surface area contributed by atoms with Crippen LogP contribution in [0.4, 0.5) is 15.6 Å². The molecule has 3 N–H and O–H groups in total. The number of hydrogen-bond donors (Lipinski definition) is 3. The Morgan fingerprint density at radius 2 is 1.78 bits per heavy atom. The lowest BCUT2D eigenvalue weighted by atomic mass is 10.2. The van der Waals surface area contributed by atoms with E-state index in [0.717, 1.165) is 11.1 Å². The second kappa shape index (κ2) is 8.91. The van der Waals surface area contributed by atoms with E-state index in [-0.39, 0.29) is 18.4 Å². The average molecular weight is 381 g/mol. The third kappa shape index (κ3) is 5.89. The van der Waals surface area contributed by atoms with Gasteiger partial charge in [0, 0.05) is 30.0 Å². The third-order valence-electron chi connectivity index (χ3n) is 3.66. The topological polar surface area (TPSA) is 96.0 Å². The quantitative estimate of drug-likeness (QED) is 0.610. The number of nitrogens with one attached hydrogen (secondary N) is 3. The van der Waals surface area contributed by atoms with E-state index in [9.17, 15) is 9.59 Å². The minimum Gasteiger partial charge on any atom is -0.352 e. The molecular formula is C19H19N5O2S. The molecule has 27 heavy (non-hydrogen) atoms. The molecule has 2 heterocycles. The number of hydrogen-bond acceptors (Lipinski definition) is 5. The van der Waals surface area contributed by atoms with E-state index in [1.54, 1.807) is 17.8 Å². The number of benzene rings is 1. The minimum atomic E-state index is -0.373. The number of carbonyl (C=O) groups is 2. The number of anilines is 2. The molecule has 0 spiro atoms. The van der Waals surface area contributed by atoms with Gasteiger partial charge in [0.1, 0.15) is 0 Å². The second-order valence-corrected chi connectivity index (χ2v) is 6.76. The van der Waals surface area contributed by atoms with Gasteiger partial charge in [0.2, 0.25) is 5.91 Å². The van der Waals surface area contributed by atoms with Crippen molar-refractivity contribution in [2.45, 2.75) is 19.9 Å². The first-order valence-corrected chi connectivity index (χ1v) is 9.21. The predicted molar refractivity (Wildman–Crippen MR) is 106 cm³/mol. The lowest BCUT2D eigenvalue weighted by Gasteiger charge is -2.05. The Labute approximate surface area is 160 Å². The summed E-state index contributed by atoms with van der Waals surface area (Å²) < 4.78 is 0. The second-order valence-electron chi connectivity index (χ2n) is 5.90. The molecular weight excluding hydrogens is 362 g/mol. The summed E-state index contributed by atoms with van der Waals surface area (Å²) in [7, 11) is 0. The number of nitrogens with zero attached hydrogens (tertiary/aromatic N) is 2. The van der Waals surface area contributed by atoms with Gasteiger partial charge in [-0.1, -0.05) is 17.7 Å². The molecule has 0 bridgehead atoms. The Kier molecular flexibility index (Phi) is 6.11. The monoisotopic (exact) mass is 381 g/mol. The molecule has 1 aromatic carbocycles. The van der Waals surface area contributed by atoms with Gasteiger partial charge in [-0.2, -0.15) is 0 Å². The number of pyridine rings is 1. The van der Waals surface area contributed by atoms with Crippen molar-refractivity contribution in [3.8, 4) is 0 Å². The Balaban J connectivity index is 1.46. The number of aryl methyl sites for hydroxylation is 1. The summed E-state index contributed by atoms with van der Waals surface area (Å²) >= 11 is 1.28. The van der Waals surface area contributed by atoms with Crippen LogP contribution in [-0.2, 0) is 17.8 Å². The molecule has 2 aromatic heterocycles. The first kappa shape index (κ1) is 18.5. The van der Waals surface area contributed by atoms with Crippen LogP contribution < -0.4 is 16.0 Å². The van der Waals surface area contributed by atoms with Crippen LogP contribution >= 0.6 is 11.3 Å². The smallest absolute Gasteiger partial charge is 0.325 e. The first-order chi connectivity index (χ1) is 13.1. The summed E-state index contributed by atoms with van der Waals surface area (Å²) in [6.07, 6.45) is 3.52. The number of aromatic nitrogens is 2. The Morgan fingerprint density at radius 3 is 2.52 bits per heavy atom. The van der Waals surface area contributed by atoms with Crippen LogP contribution in [-0.4, -0.2) is 21.9 Å². The molecule has 0 aliphatic carbocycles. The van der Waals surface area contributed by atoms with Gasteiger partial charge < -0.3 is 10.6 Å². The number of urea groups is 1. The van der Waals surface area contributed by atoms with Gasteiger partial charge >= 0.3 is 6.03 Å². The molecule has 0 saturated carbocycles. The van der Waals surface area contributed by atoms with Gasteiger partial charge in [-0.25, -0.2) is 9.78 Å². The molecule has 0 atom stereocenters. The number of rotatable bonds is 6. The largest absolute Gasteiger partial charge is 0.352 e. The van der Waals surface area contributed by atoms with E-state index in [1.807, 2.05) is 43.3 Å². The standard InChI is InChI=1S/C19H19N5O2S/c1-13-2-4-15(5-3-13)22-18(26)24-19-23-16(12-27-19)10-17(25)21-11-14-6-8-20-9-7-14/h2-9,12H,10-11H2,1H3,(H,21,25)(H2,22,23,24,26). The van der Waals surface area contributed by atoms with Gasteiger partial charge in [0.15, 0.2) is 5.13 Å². The SMILES string of the molecule is Cc1ccc(NC(=O)Nc2nc(CC(=O)NCc3ccncc3)cs2)cc1. The Bertz CT molecular complexity index is 909. The van der Waals surface area contributed by atoms with Crippen molar-refractivity contribution < 1.29 is 9.59 Å². The highest BCUT2D eigenvalue weighted by Gasteiger charge is 2.10. The van der Waals surface area contributed by atoms with E-state index in [1.165, 1.54) is 11.3 Å². The zero-order valence-electron chi connectivity index (χ0n) is 14.7. The van der Waals surface area contributed by atoms with Gasteiger partial charge in [0.25, 0.3) is 0 Å². The van der Waals surface area contributed by atoms with Gasteiger partial charge in [-0.05, 0) is 36.8 Å². The van der Waals surface area contributed by atoms with E-state index in [0.29, 0.717) is 23.1 Å². The maximum atomic E-state index is 12.0. The van der Waals surface area contributed by atoms with Crippen molar-refractivity contribution in [2.75, 3.05) is 10.6 Å². The van der Waals surface area contributed by atoms with Crippen LogP contribution in [0.3, 0.4) is 0 Å². The molecule has 0 unspecified atom stereocenters. The molecule has 3 amide bonds. The highest BCUT2D eigenvalue weighted by atomic mass is 32.1. The van der Waals surface area contributed by atoms with Crippen molar-refractivity contribution >= 4 is 34.1 Å². The molecule has 0 saturated heterocycles. The number of thiazole rings is 1. The van der Waals surface area contributed by atoms with Crippen molar-refractivity contribution in [1.29, 1.82) is 0 Å². The first-order valence-electron chi connectivity index (χ1n) is 8.33. The summed E-state index contributed by atoms with van der Waals surface area (Å²) in [6, 6.07) is 10.8. The average Bonchev–Trinajstić information content (AvgIpc) is 3.09. The normalized spacial score (nSPS) is 10.3. The van der Waals surface area contributed by atoms with Crippen molar-refractivity contribution in [3.63, 3.8) is 0 Å². The Hall–Kier alpha value is -3.26. The van der Waals surface area contributed by atoms with Gasteiger partial charge in [-0.3, -0.25) is 15.1 Å². The van der Waals surface area contributed by atoms with Crippen LogP contribution in [0, 0.1) is 6.92 Å². The van der Waals surface area contributed by atoms with Crippen molar-refractivity contribution in [3.05, 3.63) is 71.0 Å². The van der Waals surface area contributed by atoms with E-state index in [4.69, 9.17) is 0 Å². The highest BCUT2D eigenvalue weighted by Crippen LogP contribution is 2.17. The molecule has 0 aliphatic rings. The van der Waals surface area contributed by atoms with Crippen LogP contribution in [0.1, 0.15) is 16.8 Å². The van der Waals surface area contributed by atoms with Gasteiger partial charge in [0.05, 0.1) is 12.1 Å². The zero-order chi connectivity index (χ0) is 19.1. The molecule has 0 radical (unpaired) electrons. The molecule has 3 aromatic rings. The van der Waals surface area contributed by atoms with Crippen molar-refractivity contribution in [2.24, 2.45) is 0 Å². The predicted octanol–water partition coefficient (Wildman–Crippen LogP) is 3.35. The Morgan fingerprint density at radius 1 is 1.04 bits per heavy atom. The fourth-order valence-electron chi connectivity index (χ4n) is 2.27. The maximum Gasteiger partial charge on any atom is 0.325 e. The van der Waals surface area contributed by atoms with Crippen LogP contribution in [0.2, 0.25) is 0 Å². The lowest BCUT2D eigenvalue weighted by Crippen LogP contribution is -2.24. The molecule has 3 rings (SSSR count). The molecule has 0 aliphatic heterocycles. The fourth-order valence-corrected chi connectivity index (χ4v) is 2.98. The molecule has 0 fully saturated rings. The minimum absolute atomic E-state index is 0.132. The summed E-state index contributed by atoms with van der Waals surface area (Å²) in [5, 5.41) is 10.4. The van der Waals surface area contributed by atoms with Crippen molar-refractivity contribution in [1.82, 2.24) is 15.3 Å². The van der Waals surface area contributed by atoms with Crippen LogP contribution in [0.25, 0.3) is 0 Å². The summed E-state index contributed by atoms with van der Waals surface area (Å²) in [5.74, 6) is -0.132. The molecule has 138 valence electrons. The summed E-state index contributed by atoms with van der Waals surface area (Å²) in [4.78, 5) is 32.3. The summed E-state index contributed by atoms with van der Waals surface area (Å²) in [6.45, 7) is 2.42. The van der Waals surface area contributed by atoms with E-state index >= 15 is 0 Å². The molecule has 7 nitrogen and oxygen atoms in total. The summed E-state index contributed by atoms with van der Waals surface area (Å²) in [5.41, 5.74) is 3.41. The third-order valence-corrected chi connectivity index (χ3v) is 4.47. The number of carbonyl (C=O) groups excluding carboxylic acids is 2. The highest BCUT2D eigenvalue weighted by molar-refractivity contribution is 7.14. The molecule has 8 heteroatoms. The van der Waals surface area contributed by atoms with E-state index in [2.05, 4.69) is 25.9 Å².